The third kappa shape index (κ3) is 6.42. The van der Waals surface area contributed by atoms with Crippen LogP contribution in [0.1, 0.15) is 29.7 Å². The molecule has 31 heavy (non-hydrogen) atoms. The van der Waals surface area contributed by atoms with E-state index in [2.05, 4.69) is 34.6 Å². The van der Waals surface area contributed by atoms with Crippen molar-refractivity contribution in [3.05, 3.63) is 70.2 Å². The Morgan fingerprint density at radius 1 is 1.23 bits per heavy atom. The Morgan fingerprint density at radius 3 is 2.84 bits per heavy atom. The minimum Gasteiger partial charge on any atom is -0.493 e. The molecule has 1 unspecified atom stereocenters. The predicted octanol–water partition coefficient (Wildman–Crippen LogP) is 4.23. The predicted molar refractivity (Wildman–Crippen MR) is 121 cm³/mol. The van der Waals surface area contributed by atoms with Gasteiger partial charge in [0.05, 0.1) is 18.7 Å². The molecule has 3 heterocycles. The van der Waals surface area contributed by atoms with Crippen molar-refractivity contribution < 1.29 is 14.1 Å². The van der Waals surface area contributed by atoms with E-state index in [0.29, 0.717) is 18.9 Å². The van der Waals surface area contributed by atoms with Crippen LogP contribution in [0.4, 0.5) is 0 Å². The standard InChI is InChI=1S/C24H29N3O3S/c1-26(16-22-8-11-30-25-22)14-19-4-6-23(7-5-19)29-17-21-3-2-10-27(15-21)24(28)13-20-9-12-31-18-20/h4-9,11-12,18,21H,2-3,10,13-17H2,1H3. The Hall–Kier alpha value is -2.64. The van der Waals surface area contributed by atoms with Crippen LogP contribution in [0.3, 0.4) is 0 Å². The third-order valence-corrected chi connectivity index (χ3v) is 6.32. The summed E-state index contributed by atoms with van der Waals surface area (Å²) in [5, 5.41) is 8.03. The van der Waals surface area contributed by atoms with Crippen LogP contribution >= 0.6 is 11.3 Å². The SMILES string of the molecule is CN(Cc1ccc(OCC2CCCN(C(=O)Cc3ccsc3)C2)cc1)Cc1ccon1. The lowest BCUT2D eigenvalue weighted by Gasteiger charge is -2.32. The average molecular weight is 440 g/mol. The number of ether oxygens (including phenoxy) is 1. The summed E-state index contributed by atoms with van der Waals surface area (Å²) >= 11 is 1.64. The van der Waals surface area contributed by atoms with Crippen LogP contribution in [0.5, 0.6) is 5.75 Å². The van der Waals surface area contributed by atoms with Gasteiger partial charge in [-0.05, 0) is 60.0 Å². The molecule has 1 aromatic carbocycles. The third-order valence-electron chi connectivity index (χ3n) is 5.59. The maximum Gasteiger partial charge on any atom is 0.227 e. The van der Waals surface area contributed by atoms with Gasteiger partial charge in [-0.3, -0.25) is 9.69 Å². The zero-order valence-corrected chi connectivity index (χ0v) is 18.7. The van der Waals surface area contributed by atoms with Gasteiger partial charge in [0.1, 0.15) is 12.0 Å². The molecule has 0 aliphatic carbocycles. The first-order valence-electron chi connectivity index (χ1n) is 10.7. The first-order chi connectivity index (χ1) is 15.2. The Morgan fingerprint density at radius 2 is 2.10 bits per heavy atom. The summed E-state index contributed by atoms with van der Waals surface area (Å²) in [6.45, 7) is 3.87. The van der Waals surface area contributed by atoms with E-state index in [1.54, 1.807) is 17.6 Å². The summed E-state index contributed by atoms with van der Waals surface area (Å²) in [6, 6.07) is 12.2. The van der Waals surface area contributed by atoms with Gasteiger partial charge in [-0.2, -0.15) is 11.3 Å². The molecule has 7 heteroatoms. The van der Waals surface area contributed by atoms with E-state index in [4.69, 9.17) is 9.26 Å². The van der Waals surface area contributed by atoms with E-state index in [9.17, 15) is 4.79 Å². The topological polar surface area (TPSA) is 58.8 Å². The van der Waals surface area contributed by atoms with Crippen molar-refractivity contribution in [3.63, 3.8) is 0 Å². The van der Waals surface area contributed by atoms with Crippen LogP contribution in [0, 0.1) is 5.92 Å². The summed E-state index contributed by atoms with van der Waals surface area (Å²) in [5.74, 6) is 1.49. The Labute approximate surface area is 187 Å². The smallest absolute Gasteiger partial charge is 0.227 e. The first kappa shape index (κ1) is 21.6. The fourth-order valence-electron chi connectivity index (χ4n) is 3.98. The van der Waals surface area contributed by atoms with Crippen LogP contribution in [-0.4, -0.2) is 47.6 Å². The first-order valence-corrected chi connectivity index (χ1v) is 11.7. The second-order valence-corrected chi connectivity index (χ2v) is 9.05. The van der Waals surface area contributed by atoms with Crippen molar-refractivity contribution in [2.75, 3.05) is 26.7 Å². The monoisotopic (exact) mass is 439 g/mol. The Balaban J connectivity index is 1.21. The maximum absolute atomic E-state index is 12.6. The minimum atomic E-state index is 0.224. The molecule has 6 nitrogen and oxygen atoms in total. The van der Waals surface area contributed by atoms with Crippen molar-refractivity contribution in [3.8, 4) is 5.75 Å². The summed E-state index contributed by atoms with van der Waals surface area (Å²) in [4.78, 5) is 16.8. The van der Waals surface area contributed by atoms with Crippen LogP contribution in [-0.2, 0) is 24.3 Å². The molecular weight excluding hydrogens is 410 g/mol. The van der Waals surface area contributed by atoms with Gasteiger partial charge in [-0.15, -0.1) is 0 Å². The fourth-order valence-corrected chi connectivity index (χ4v) is 4.64. The van der Waals surface area contributed by atoms with Crippen molar-refractivity contribution >= 4 is 17.2 Å². The number of likely N-dealkylation sites (tertiary alicyclic amines) is 1. The van der Waals surface area contributed by atoms with E-state index >= 15 is 0 Å². The number of hydrogen-bond donors (Lipinski definition) is 0. The summed E-state index contributed by atoms with van der Waals surface area (Å²) in [5.41, 5.74) is 3.26. The van der Waals surface area contributed by atoms with Crippen LogP contribution < -0.4 is 4.74 Å². The highest BCUT2D eigenvalue weighted by Gasteiger charge is 2.24. The second-order valence-electron chi connectivity index (χ2n) is 8.27. The lowest BCUT2D eigenvalue weighted by molar-refractivity contribution is -0.132. The molecule has 164 valence electrons. The second kappa shape index (κ2) is 10.6. The Bertz CT molecular complexity index is 926. The van der Waals surface area contributed by atoms with E-state index < -0.39 is 0 Å². The molecule has 1 aliphatic rings. The molecule has 0 spiro atoms. The number of thiophene rings is 1. The number of aromatic nitrogens is 1. The molecule has 2 aromatic heterocycles. The van der Waals surface area contributed by atoms with Gasteiger partial charge in [-0.1, -0.05) is 17.3 Å². The van der Waals surface area contributed by atoms with Gasteiger partial charge >= 0.3 is 0 Å². The lowest BCUT2D eigenvalue weighted by atomic mass is 9.98. The van der Waals surface area contributed by atoms with Crippen molar-refractivity contribution in [1.82, 2.24) is 15.0 Å². The molecule has 3 aromatic rings. The number of carbonyl (C=O) groups excluding carboxylic acids is 1. The zero-order valence-electron chi connectivity index (χ0n) is 17.9. The van der Waals surface area contributed by atoms with Crippen molar-refractivity contribution in [2.45, 2.75) is 32.4 Å². The molecule has 1 amide bonds. The van der Waals surface area contributed by atoms with Gasteiger partial charge in [-0.25, -0.2) is 0 Å². The maximum atomic E-state index is 12.6. The number of nitrogens with zero attached hydrogens (tertiary/aromatic N) is 3. The summed E-state index contributed by atoms with van der Waals surface area (Å²) in [6.07, 6.45) is 4.25. The molecule has 0 N–H and O–H groups in total. The van der Waals surface area contributed by atoms with E-state index in [1.165, 1.54) is 5.56 Å². The van der Waals surface area contributed by atoms with Gasteiger partial charge in [0.15, 0.2) is 0 Å². The normalized spacial score (nSPS) is 16.6. The Kier molecular flexibility index (Phi) is 7.38. The fraction of sp³-hybridized carbons (Fsp3) is 0.417. The molecule has 1 aliphatic heterocycles. The lowest BCUT2D eigenvalue weighted by Crippen LogP contribution is -2.42. The number of rotatable bonds is 9. The van der Waals surface area contributed by atoms with Crippen molar-refractivity contribution in [2.24, 2.45) is 5.92 Å². The summed E-state index contributed by atoms with van der Waals surface area (Å²) in [7, 11) is 2.06. The largest absolute Gasteiger partial charge is 0.493 e. The number of benzene rings is 1. The highest BCUT2D eigenvalue weighted by molar-refractivity contribution is 7.08. The minimum absolute atomic E-state index is 0.224. The molecule has 4 rings (SSSR count). The molecule has 1 atom stereocenters. The van der Waals surface area contributed by atoms with Crippen LogP contribution in [0.2, 0.25) is 0 Å². The molecule has 0 bridgehead atoms. The highest BCUT2D eigenvalue weighted by Crippen LogP contribution is 2.21. The van der Waals surface area contributed by atoms with Crippen LogP contribution in [0.15, 0.2) is 57.9 Å². The number of piperidine rings is 1. The van der Waals surface area contributed by atoms with E-state index in [-0.39, 0.29) is 5.91 Å². The number of hydrogen-bond acceptors (Lipinski definition) is 6. The van der Waals surface area contributed by atoms with Crippen molar-refractivity contribution in [1.29, 1.82) is 0 Å². The van der Waals surface area contributed by atoms with Gasteiger partial charge < -0.3 is 14.2 Å². The van der Waals surface area contributed by atoms with Gasteiger partial charge in [0, 0.05) is 38.2 Å². The number of amides is 1. The molecule has 0 saturated carbocycles. The number of carbonyl (C=O) groups is 1. The average Bonchev–Trinajstić information content (AvgIpc) is 3.48. The quantitative estimate of drug-likeness (QED) is 0.499. The highest BCUT2D eigenvalue weighted by atomic mass is 32.1. The van der Waals surface area contributed by atoms with Crippen LogP contribution in [0.25, 0.3) is 0 Å². The molecular formula is C24H29N3O3S. The molecule has 1 fully saturated rings. The summed E-state index contributed by atoms with van der Waals surface area (Å²) < 4.78 is 10.9. The molecule has 1 saturated heterocycles. The van der Waals surface area contributed by atoms with E-state index in [0.717, 1.165) is 56.0 Å². The van der Waals surface area contributed by atoms with Gasteiger partial charge in [0.25, 0.3) is 0 Å². The van der Waals surface area contributed by atoms with E-state index in [1.807, 2.05) is 34.5 Å². The molecule has 0 radical (unpaired) electrons. The zero-order chi connectivity index (χ0) is 21.5. The van der Waals surface area contributed by atoms with Gasteiger partial charge in [0.2, 0.25) is 5.91 Å².